The van der Waals surface area contributed by atoms with Crippen LogP contribution in [-0.4, -0.2) is 0 Å². The van der Waals surface area contributed by atoms with Gasteiger partial charge in [-0.15, -0.1) is 0 Å². The standard InChI is InChI=1S/C14H10OS/c1-10-11-6-2-3-7-12(11)15-13-8-4-5-9-14(13)16-10/h2-9H,1H2. The van der Waals surface area contributed by atoms with Crippen molar-refractivity contribution in [1.82, 2.24) is 0 Å². The van der Waals surface area contributed by atoms with E-state index in [2.05, 4.69) is 12.6 Å². The highest BCUT2D eigenvalue weighted by Crippen LogP contribution is 2.46. The molecule has 0 bridgehead atoms. The largest absolute Gasteiger partial charge is 0.456 e. The predicted octanol–water partition coefficient (Wildman–Crippen LogP) is 4.56. The lowest BCUT2D eigenvalue weighted by molar-refractivity contribution is 0.471. The van der Waals surface area contributed by atoms with Gasteiger partial charge in [0, 0.05) is 10.5 Å². The van der Waals surface area contributed by atoms with Crippen molar-refractivity contribution in [3.05, 3.63) is 60.7 Å². The second-order valence-corrected chi connectivity index (χ2v) is 4.71. The van der Waals surface area contributed by atoms with Crippen LogP contribution < -0.4 is 4.74 Å². The zero-order chi connectivity index (χ0) is 11.0. The Kier molecular flexibility index (Phi) is 2.22. The Hall–Kier alpha value is -1.67. The molecule has 0 aliphatic carbocycles. The summed E-state index contributed by atoms with van der Waals surface area (Å²) in [5.74, 6) is 1.78. The molecule has 2 aromatic carbocycles. The molecule has 16 heavy (non-hydrogen) atoms. The molecule has 0 saturated heterocycles. The molecule has 1 aliphatic rings. The zero-order valence-corrected chi connectivity index (χ0v) is 9.46. The van der Waals surface area contributed by atoms with Gasteiger partial charge in [0.25, 0.3) is 0 Å². The summed E-state index contributed by atoms with van der Waals surface area (Å²) in [7, 11) is 0. The molecule has 3 rings (SSSR count). The van der Waals surface area contributed by atoms with E-state index in [4.69, 9.17) is 4.74 Å². The van der Waals surface area contributed by atoms with E-state index in [1.807, 2.05) is 42.5 Å². The van der Waals surface area contributed by atoms with Crippen LogP contribution in [0.15, 0.2) is 60.0 Å². The number of ether oxygens (including phenoxy) is 1. The van der Waals surface area contributed by atoms with Gasteiger partial charge in [0.1, 0.15) is 11.5 Å². The topological polar surface area (TPSA) is 9.23 Å². The van der Waals surface area contributed by atoms with Crippen molar-refractivity contribution in [2.75, 3.05) is 0 Å². The van der Waals surface area contributed by atoms with Crippen LogP contribution in [0, 0.1) is 0 Å². The van der Waals surface area contributed by atoms with Crippen molar-refractivity contribution >= 4 is 16.7 Å². The van der Waals surface area contributed by atoms with Gasteiger partial charge in [0.05, 0.1) is 4.90 Å². The van der Waals surface area contributed by atoms with Crippen molar-refractivity contribution in [3.63, 3.8) is 0 Å². The molecule has 1 nitrogen and oxygen atoms in total. The molecular weight excluding hydrogens is 216 g/mol. The first kappa shape index (κ1) is 9.55. The fourth-order valence-corrected chi connectivity index (χ4v) is 2.61. The molecule has 0 unspecified atom stereocenters. The summed E-state index contributed by atoms with van der Waals surface area (Å²) in [6, 6.07) is 16.0. The molecular formula is C14H10OS. The van der Waals surface area contributed by atoms with Gasteiger partial charge in [-0.3, -0.25) is 0 Å². The third kappa shape index (κ3) is 1.51. The second-order valence-electron chi connectivity index (χ2n) is 3.57. The molecule has 0 amide bonds. The number of thioether (sulfide) groups is 1. The number of para-hydroxylation sites is 2. The molecule has 0 spiro atoms. The van der Waals surface area contributed by atoms with Crippen molar-refractivity contribution in [1.29, 1.82) is 0 Å². The van der Waals surface area contributed by atoms with Gasteiger partial charge in [-0.05, 0) is 18.2 Å². The van der Waals surface area contributed by atoms with Crippen molar-refractivity contribution in [3.8, 4) is 11.5 Å². The summed E-state index contributed by atoms with van der Waals surface area (Å²) in [6.07, 6.45) is 0. The Morgan fingerprint density at radius 2 is 1.56 bits per heavy atom. The molecule has 0 atom stereocenters. The van der Waals surface area contributed by atoms with Gasteiger partial charge in [-0.2, -0.15) is 0 Å². The van der Waals surface area contributed by atoms with Gasteiger partial charge in [-0.25, -0.2) is 0 Å². The van der Waals surface area contributed by atoms with Crippen LogP contribution in [0.1, 0.15) is 5.56 Å². The van der Waals surface area contributed by atoms with Crippen LogP contribution in [0.5, 0.6) is 11.5 Å². The first-order chi connectivity index (χ1) is 7.84. The Morgan fingerprint density at radius 1 is 0.875 bits per heavy atom. The maximum absolute atomic E-state index is 5.89. The lowest BCUT2D eigenvalue weighted by atomic mass is 10.2. The van der Waals surface area contributed by atoms with Crippen LogP contribution in [0.3, 0.4) is 0 Å². The average Bonchev–Trinajstić information content (AvgIpc) is 2.45. The van der Waals surface area contributed by atoms with Crippen LogP contribution in [0.25, 0.3) is 4.91 Å². The summed E-state index contributed by atoms with van der Waals surface area (Å²) < 4.78 is 5.89. The van der Waals surface area contributed by atoms with Crippen molar-refractivity contribution in [2.45, 2.75) is 4.90 Å². The average molecular weight is 226 g/mol. The molecule has 2 aromatic rings. The van der Waals surface area contributed by atoms with Crippen molar-refractivity contribution < 1.29 is 4.74 Å². The van der Waals surface area contributed by atoms with E-state index in [1.54, 1.807) is 11.8 Å². The van der Waals surface area contributed by atoms with Gasteiger partial charge in [0.2, 0.25) is 0 Å². The highest BCUT2D eigenvalue weighted by molar-refractivity contribution is 8.08. The Labute approximate surface area is 98.8 Å². The van der Waals surface area contributed by atoms with Crippen molar-refractivity contribution in [2.24, 2.45) is 0 Å². The fraction of sp³-hybridized carbons (Fsp3) is 0. The molecule has 0 N–H and O–H groups in total. The summed E-state index contributed by atoms with van der Waals surface area (Å²) in [4.78, 5) is 2.14. The highest BCUT2D eigenvalue weighted by Gasteiger charge is 2.16. The van der Waals surface area contributed by atoms with E-state index in [-0.39, 0.29) is 0 Å². The van der Waals surface area contributed by atoms with Gasteiger partial charge in [0.15, 0.2) is 0 Å². The summed E-state index contributed by atoms with van der Waals surface area (Å²) in [5, 5.41) is 0. The molecule has 1 heterocycles. The second kappa shape index (κ2) is 3.72. The van der Waals surface area contributed by atoms with E-state index in [9.17, 15) is 0 Å². The summed E-state index contributed by atoms with van der Waals surface area (Å²) >= 11 is 1.66. The minimum absolute atomic E-state index is 0.880. The SMILES string of the molecule is C=C1Sc2ccccc2Oc2ccccc21. The molecule has 0 saturated carbocycles. The molecule has 0 aromatic heterocycles. The van der Waals surface area contributed by atoms with E-state index in [0.717, 1.165) is 26.9 Å². The number of hydrogen-bond donors (Lipinski definition) is 0. The lowest BCUT2D eigenvalue weighted by Crippen LogP contribution is -1.85. The molecule has 0 fully saturated rings. The fourth-order valence-electron chi connectivity index (χ4n) is 1.71. The maximum atomic E-state index is 5.89. The predicted molar refractivity (Wildman–Crippen MR) is 67.8 cm³/mol. The summed E-state index contributed by atoms with van der Waals surface area (Å²) in [5.41, 5.74) is 1.07. The Balaban J connectivity index is 2.18. The Morgan fingerprint density at radius 3 is 2.44 bits per heavy atom. The first-order valence-electron chi connectivity index (χ1n) is 5.07. The van der Waals surface area contributed by atoms with Crippen LogP contribution in [-0.2, 0) is 0 Å². The summed E-state index contributed by atoms with van der Waals surface area (Å²) in [6.45, 7) is 4.10. The normalized spacial score (nSPS) is 13.4. The number of hydrogen-bond acceptors (Lipinski definition) is 2. The van der Waals surface area contributed by atoms with Gasteiger partial charge in [-0.1, -0.05) is 48.7 Å². The van der Waals surface area contributed by atoms with Crippen LogP contribution >= 0.6 is 11.8 Å². The zero-order valence-electron chi connectivity index (χ0n) is 8.64. The quantitative estimate of drug-likeness (QED) is 0.651. The third-order valence-electron chi connectivity index (χ3n) is 2.49. The lowest BCUT2D eigenvalue weighted by Gasteiger charge is -2.06. The van der Waals surface area contributed by atoms with E-state index < -0.39 is 0 Å². The van der Waals surface area contributed by atoms with Gasteiger partial charge >= 0.3 is 0 Å². The van der Waals surface area contributed by atoms with Crippen LogP contribution in [0.2, 0.25) is 0 Å². The highest BCUT2D eigenvalue weighted by atomic mass is 32.2. The van der Waals surface area contributed by atoms with Gasteiger partial charge < -0.3 is 4.74 Å². The minimum atomic E-state index is 0.880. The molecule has 1 aliphatic heterocycles. The number of fused-ring (bicyclic) bond motifs is 2. The van der Waals surface area contributed by atoms with Crippen LogP contribution in [0.4, 0.5) is 0 Å². The maximum Gasteiger partial charge on any atom is 0.141 e. The van der Waals surface area contributed by atoms with E-state index >= 15 is 0 Å². The third-order valence-corrected chi connectivity index (χ3v) is 3.51. The molecule has 2 heteroatoms. The molecule has 0 radical (unpaired) electrons. The number of rotatable bonds is 0. The Bertz CT molecular complexity index is 560. The first-order valence-corrected chi connectivity index (χ1v) is 5.89. The smallest absolute Gasteiger partial charge is 0.141 e. The molecule has 78 valence electrons. The monoisotopic (exact) mass is 226 g/mol. The van der Waals surface area contributed by atoms with E-state index in [1.165, 1.54) is 0 Å². The minimum Gasteiger partial charge on any atom is -0.456 e. The number of benzene rings is 2. The van der Waals surface area contributed by atoms with E-state index in [0.29, 0.717) is 0 Å².